The second-order valence-electron chi connectivity index (χ2n) is 7.26. The Balaban J connectivity index is 0.00000261. The van der Waals surface area contributed by atoms with Crippen molar-refractivity contribution in [3.05, 3.63) is 29.8 Å². The molecule has 9 heteroatoms. The molecule has 0 saturated carbocycles. The summed E-state index contributed by atoms with van der Waals surface area (Å²) in [6, 6.07) is 6.21. The van der Waals surface area contributed by atoms with E-state index >= 15 is 0 Å². The molecule has 2 heterocycles. The molecule has 2 aliphatic rings. The minimum atomic E-state index is -3.60. The number of sulfonamides is 1. The van der Waals surface area contributed by atoms with Gasteiger partial charge >= 0.3 is 0 Å². The summed E-state index contributed by atoms with van der Waals surface area (Å²) >= 11 is 0. The number of nitrogens with two attached hydrogens (primary N) is 1. The molecule has 0 aromatic heterocycles. The maximum atomic E-state index is 12.9. The maximum Gasteiger partial charge on any atom is 0.253 e. The highest BCUT2D eigenvalue weighted by molar-refractivity contribution is 7.89. The minimum absolute atomic E-state index is 0. The van der Waals surface area contributed by atoms with Gasteiger partial charge in [0.2, 0.25) is 10.0 Å². The fourth-order valence-electron chi connectivity index (χ4n) is 3.62. The Kier molecular flexibility index (Phi) is 7.27. The van der Waals surface area contributed by atoms with E-state index in [1.54, 1.807) is 17.0 Å². The van der Waals surface area contributed by atoms with Gasteiger partial charge in [0.15, 0.2) is 0 Å². The predicted molar refractivity (Wildman–Crippen MR) is 106 cm³/mol. The lowest BCUT2D eigenvalue weighted by Crippen LogP contribution is -2.48. The highest BCUT2D eigenvalue weighted by Crippen LogP contribution is 2.22. The highest BCUT2D eigenvalue weighted by Gasteiger charge is 2.32. The number of likely N-dealkylation sites (tertiary alicyclic amines) is 1. The van der Waals surface area contributed by atoms with Crippen molar-refractivity contribution in [3.63, 3.8) is 0 Å². The van der Waals surface area contributed by atoms with E-state index in [1.165, 1.54) is 16.4 Å². The molecule has 1 aromatic rings. The number of carbonyl (C=O) groups is 1. The van der Waals surface area contributed by atoms with Gasteiger partial charge in [-0.05, 0) is 51.0 Å². The molecule has 7 nitrogen and oxygen atoms in total. The zero-order valence-corrected chi connectivity index (χ0v) is 17.3. The molecule has 2 fully saturated rings. The average Bonchev–Trinajstić information content (AvgIpc) is 2.60. The first-order valence-corrected chi connectivity index (χ1v) is 10.5. The fraction of sp³-hybridized carbons (Fsp3) is 0.611. The standard InChI is InChI=1S/C18H27N3O4S.ClH/c1-13-10-21(11-14(2)25-13)26(23,24)17-7-5-15(6-8-17)18(22)20-9-3-4-16(19)12-20;/h5-8,13-14,16H,3-4,9-12,19H2,1-2H3;1H. The van der Waals surface area contributed by atoms with Crippen LogP contribution in [0.2, 0.25) is 0 Å². The van der Waals surface area contributed by atoms with Crippen molar-refractivity contribution < 1.29 is 17.9 Å². The molecule has 0 bridgehead atoms. The number of morpholine rings is 1. The van der Waals surface area contributed by atoms with Crippen molar-refractivity contribution in [2.45, 2.75) is 49.8 Å². The molecular weight excluding hydrogens is 390 g/mol. The lowest BCUT2D eigenvalue weighted by Gasteiger charge is -2.34. The van der Waals surface area contributed by atoms with Crippen molar-refractivity contribution in [2.24, 2.45) is 5.73 Å². The molecule has 0 aliphatic carbocycles. The van der Waals surface area contributed by atoms with Crippen LogP contribution in [0.15, 0.2) is 29.2 Å². The van der Waals surface area contributed by atoms with E-state index in [0.717, 1.165) is 12.8 Å². The molecule has 3 atom stereocenters. The van der Waals surface area contributed by atoms with Gasteiger partial charge in [0.25, 0.3) is 5.91 Å². The number of carbonyl (C=O) groups excluding carboxylic acids is 1. The van der Waals surface area contributed by atoms with Crippen LogP contribution in [0.1, 0.15) is 37.0 Å². The van der Waals surface area contributed by atoms with Crippen molar-refractivity contribution in [2.75, 3.05) is 26.2 Å². The number of ether oxygens (including phenoxy) is 1. The number of hydrogen-bond acceptors (Lipinski definition) is 5. The third-order valence-electron chi connectivity index (χ3n) is 4.87. The number of benzene rings is 1. The first-order chi connectivity index (χ1) is 12.3. The first-order valence-electron chi connectivity index (χ1n) is 9.08. The van der Waals surface area contributed by atoms with Crippen molar-refractivity contribution in [3.8, 4) is 0 Å². The van der Waals surface area contributed by atoms with E-state index in [1.807, 2.05) is 13.8 Å². The molecule has 2 aliphatic heterocycles. The Morgan fingerprint density at radius 3 is 2.26 bits per heavy atom. The summed E-state index contributed by atoms with van der Waals surface area (Å²) in [5.74, 6) is -0.0993. The Morgan fingerprint density at radius 2 is 1.70 bits per heavy atom. The number of hydrogen-bond donors (Lipinski definition) is 1. The van der Waals surface area contributed by atoms with Crippen molar-refractivity contribution in [1.82, 2.24) is 9.21 Å². The van der Waals surface area contributed by atoms with E-state index < -0.39 is 10.0 Å². The number of rotatable bonds is 3. The number of amides is 1. The lowest BCUT2D eigenvalue weighted by atomic mass is 10.1. The topological polar surface area (TPSA) is 92.9 Å². The summed E-state index contributed by atoms with van der Waals surface area (Å²) in [5, 5.41) is 0. The van der Waals surface area contributed by atoms with E-state index in [-0.39, 0.29) is 41.5 Å². The molecule has 0 spiro atoms. The first kappa shape index (κ1) is 22.1. The van der Waals surface area contributed by atoms with Crippen molar-refractivity contribution in [1.29, 1.82) is 0 Å². The zero-order chi connectivity index (χ0) is 18.9. The van der Waals surface area contributed by atoms with Gasteiger partial charge in [-0.15, -0.1) is 12.4 Å². The van der Waals surface area contributed by atoms with Crippen LogP contribution in [0.5, 0.6) is 0 Å². The Morgan fingerprint density at radius 1 is 1.11 bits per heavy atom. The Labute approximate surface area is 167 Å². The molecule has 27 heavy (non-hydrogen) atoms. The summed E-state index contributed by atoms with van der Waals surface area (Å²) in [4.78, 5) is 14.5. The molecule has 3 unspecified atom stereocenters. The second kappa shape index (κ2) is 8.87. The van der Waals surface area contributed by atoms with Gasteiger partial charge in [0.1, 0.15) is 0 Å². The quantitative estimate of drug-likeness (QED) is 0.803. The molecule has 1 amide bonds. The fourth-order valence-corrected chi connectivity index (χ4v) is 5.21. The Bertz CT molecular complexity index is 746. The zero-order valence-electron chi connectivity index (χ0n) is 15.7. The monoisotopic (exact) mass is 417 g/mol. The summed E-state index contributed by atoms with van der Waals surface area (Å²) in [5.41, 5.74) is 6.43. The van der Waals surface area contributed by atoms with Crippen molar-refractivity contribution >= 4 is 28.3 Å². The van der Waals surface area contributed by atoms with Gasteiger partial charge in [-0.2, -0.15) is 4.31 Å². The van der Waals surface area contributed by atoms with E-state index in [2.05, 4.69) is 0 Å². The van der Waals surface area contributed by atoms with Gasteiger partial charge in [0, 0.05) is 37.8 Å². The van der Waals surface area contributed by atoms with Gasteiger partial charge in [-0.3, -0.25) is 4.79 Å². The summed E-state index contributed by atoms with van der Waals surface area (Å²) in [6.07, 6.45) is 1.54. The van der Waals surface area contributed by atoms with Gasteiger partial charge < -0.3 is 15.4 Å². The van der Waals surface area contributed by atoms with E-state index in [4.69, 9.17) is 10.5 Å². The smallest absolute Gasteiger partial charge is 0.253 e. The van der Waals surface area contributed by atoms with Gasteiger partial charge in [-0.1, -0.05) is 0 Å². The minimum Gasteiger partial charge on any atom is -0.373 e. The normalized spacial score (nSPS) is 27.1. The summed E-state index contributed by atoms with van der Waals surface area (Å²) in [6.45, 7) is 5.63. The second-order valence-corrected chi connectivity index (χ2v) is 9.20. The van der Waals surface area contributed by atoms with E-state index in [0.29, 0.717) is 31.7 Å². The third-order valence-corrected chi connectivity index (χ3v) is 6.72. The molecule has 2 saturated heterocycles. The number of piperidine rings is 1. The predicted octanol–water partition coefficient (Wildman–Crippen LogP) is 1.47. The van der Waals surface area contributed by atoms with Crippen LogP contribution in [0.3, 0.4) is 0 Å². The molecule has 2 N–H and O–H groups in total. The maximum absolute atomic E-state index is 12.9. The molecule has 152 valence electrons. The average molecular weight is 418 g/mol. The van der Waals surface area contributed by atoms with Gasteiger partial charge in [0.05, 0.1) is 17.1 Å². The largest absolute Gasteiger partial charge is 0.373 e. The van der Waals surface area contributed by atoms with Crippen LogP contribution < -0.4 is 5.73 Å². The van der Waals surface area contributed by atoms with Crippen LogP contribution >= 0.6 is 12.4 Å². The molecule has 0 radical (unpaired) electrons. The van der Waals surface area contributed by atoms with Crippen LogP contribution in [-0.4, -0.2) is 68.0 Å². The lowest BCUT2D eigenvalue weighted by molar-refractivity contribution is -0.0440. The molecule has 3 rings (SSSR count). The SMILES string of the molecule is CC1CN(S(=O)(=O)c2ccc(C(=O)N3CCCC(N)C3)cc2)CC(C)O1.Cl. The van der Waals surface area contributed by atoms with E-state index in [9.17, 15) is 13.2 Å². The number of halogens is 1. The van der Waals surface area contributed by atoms with Crippen LogP contribution in [0, 0.1) is 0 Å². The molecular formula is C18H28ClN3O4S. The van der Waals surface area contributed by atoms with Crippen LogP contribution in [0.25, 0.3) is 0 Å². The summed E-state index contributed by atoms with van der Waals surface area (Å²) < 4.78 is 32.8. The molecule has 1 aromatic carbocycles. The van der Waals surface area contributed by atoms with Crippen LogP contribution in [-0.2, 0) is 14.8 Å². The van der Waals surface area contributed by atoms with Crippen LogP contribution in [0.4, 0.5) is 0 Å². The summed E-state index contributed by atoms with van der Waals surface area (Å²) in [7, 11) is -3.60. The number of nitrogens with zero attached hydrogens (tertiary/aromatic N) is 2. The Hall–Kier alpha value is -1.19. The third kappa shape index (κ3) is 5.00. The van der Waals surface area contributed by atoms with Gasteiger partial charge in [-0.25, -0.2) is 8.42 Å². The highest BCUT2D eigenvalue weighted by atomic mass is 35.5.